The van der Waals surface area contributed by atoms with Crippen LogP contribution in [-0.2, 0) is 4.74 Å². The minimum Gasteiger partial charge on any atom is -0.428 e. The van der Waals surface area contributed by atoms with Crippen molar-refractivity contribution in [2.24, 2.45) is 4.99 Å². The zero-order valence-electron chi connectivity index (χ0n) is 11.5. The average molecular weight is 279 g/mol. The molecule has 0 aliphatic heterocycles. The summed E-state index contributed by atoms with van der Waals surface area (Å²) in [5, 5.41) is 2.32. The Morgan fingerprint density at radius 3 is 2.58 bits per heavy atom. The van der Waals surface area contributed by atoms with E-state index in [2.05, 4.69) is 22.4 Å². The summed E-state index contributed by atoms with van der Waals surface area (Å²) in [5.41, 5.74) is 0.162. The highest BCUT2D eigenvalue weighted by atomic mass is 32.1. The molecule has 0 radical (unpaired) electrons. The van der Waals surface area contributed by atoms with E-state index in [1.165, 1.54) is 0 Å². The highest BCUT2D eigenvalue weighted by Gasteiger charge is 2.20. The highest BCUT2D eigenvalue weighted by Crippen LogP contribution is 2.27. The Morgan fingerprint density at radius 2 is 2.00 bits per heavy atom. The SMILES string of the molecule is CC(N=C=S)c1ccccc1OC(=O)OC(C)(C)C. The fourth-order valence-electron chi connectivity index (χ4n) is 1.43. The van der Waals surface area contributed by atoms with E-state index in [-0.39, 0.29) is 6.04 Å². The minimum absolute atomic E-state index is 0.226. The molecular weight excluding hydrogens is 262 g/mol. The Balaban J connectivity index is 2.89. The van der Waals surface area contributed by atoms with Crippen molar-refractivity contribution in [1.82, 2.24) is 0 Å². The molecular formula is C14H17NO3S. The van der Waals surface area contributed by atoms with Gasteiger partial charge in [0.15, 0.2) is 0 Å². The van der Waals surface area contributed by atoms with Gasteiger partial charge in [-0.1, -0.05) is 18.2 Å². The van der Waals surface area contributed by atoms with Crippen molar-refractivity contribution in [1.29, 1.82) is 0 Å². The van der Waals surface area contributed by atoms with Crippen molar-refractivity contribution < 1.29 is 14.3 Å². The van der Waals surface area contributed by atoms with Crippen molar-refractivity contribution in [3.63, 3.8) is 0 Å². The van der Waals surface area contributed by atoms with Gasteiger partial charge in [0.1, 0.15) is 11.4 Å². The van der Waals surface area contributed by atoms with E-state index in [4.69, 9.17) is 9.47 Å². The predicted octanol–water partition coefficient (Wildman–Crippen LogP) is 4.16. The molecule has 1 rings (SSSR count). The van der Waals surface area contributed by atoms with Gasteiger partial charge >= 0.3 is 6.16 Å². The van der Waals surface area contributed by atoms with Crippen LogP contribution in [0.2, 0.25) is 0 Å². The molecule has 0 aliphatic carbocycles. The fraction of sp³-hybridized carbons (Fsp3) is 0.429. The molecule has 4 nitrogen and oxygen atoms in total. The van der Waals surface area contributed by atoms with Crippen LogP contribution in [-0.4, -0.2) is 16.9 Å². The first-order valence-electron chi connectivity index (χ1n) is 5.90. The van der Waals surface area contributed by atoms with E-state index in [0.29, 0.717) is 5.75 Å². The van der Waals surface area contributed by atoms with E-state index < -0.39 is 11.8 Å². The van der Waals surface area contributed by atoms with Crippen LogP contribution in [0.1, 0.15) is 39.3 Å². The van der Waals surface area contributed by atoms with Gasteiger partial charge in [-0.25, -0.2) is 9.79 Å². The molecule has 5 heteroatoms. The summed E-state index contributed by atoms with van der Waals surface area (Å²) in [6.07, 6.45) is -0.738. The van der Waals surface area contributed by atoms with Crippen molar-refractivity contribution in [3.05, 3.63) is 29.8 Å². The first-order valence-corrected chi connectivity index (χ1v) is 6.31. The molecule has 102 valence electrons. The lowest BCUT2D eigenvalue weighted by Gasteiger charge is -2.19. The largest absolute Gasteiger partial charge is 0.514 e. The summed E-state index contributed by atoms with van der Waals surface area (Å²) < 4.78 is 10.3. The van der Waals surface area contributed by atoms with Crippen molar-refractivity contribution in [3.8, 4) is 5.75 Å². The van der Waals surface area contributed by atoms with Crippen LogP contribution < -0.4 is 4.74 Å². The third-order valence-corrected chi connectivity index (χ3v) is 2.30. The standard InChI is InChI=1S/C14H17NO3S/c1-10(15-9-19)11-7-5-6-8-12(11)17-13(16)18-14(2,3)4/h5-8,10H,1-4H3. The van der Waals surface area contributed by atoms with Crippen LogP contribution in [0.5, 0.6) is 5.75 Å². The second-order valence-corrected chi connectivity index (χ2v) is 5.18. The summed E-state index contributed by atoms with van der Waals surface area (Å²) in [4.78, 5) is 15.6. The number of thiocarbonyl (C=S) groups is 1. The summed E-state index contributed by atoms with van der Waals surface area (Å²) in [6, 6.07) is 6.90. The van der Waals surface area contributed by atoms with E-state index >= 15 is 0 Å². The van der Waals surface area contributed by atoms with Crippen LogP contribution in [0.4, 0.5) is 4.79 Å². The number of benzene rings is 1. The van der Waals surface area contributed by atoms with Crippen LogP contribution in [0.15, 0.2) is 29.3 Å². The van der Waals surface area contributed by atoms with E-state index in [0.717, 1.165) is 5.56 Å². The smallest absolute Gasteiger partial charge is 0.428 e. The van der Waals surface area contributed by atoms with E-state index in [9.17, 15) is 4.79 Å². The Bertz CT molecular complexity index is 502. The predicted molar refractivity (Wildman–Crippen MR) is 76.7 cm³/mol. The lowest BCUT2D eigenvalue weighted by molar-refractivity contribution is 0.0204. The van der Waals surface area contributed by atoms with Gasteiger partial charge in [0.25, 0.3) is 0 Å². The number of rotatable bonds is 3. The Hall–Kier alpha value is -1.71. The number of hydrogen-bond acceptors (Lipinski definition) is 5. The number of ether oxygens (including phenoxy) is 2. The van der Waals surface area contributed by atoms with E-state index in [1.54, 1.807) is 32.9 Å². The molecule has 1 unspecified atom stereocenters. The number of para-hydroxylation sites is 1. The molecule has 1 atom stereocenters. The number of aliphatic imine (C=N–C) groups is 1. The van der Waals surface area contributed by atoms with Gasteiger partial charge in [0.2, 0.25) is 0 Å². The van der Waals surface area contributed by atoms with Crippen LogP contribution in [0.3, 0.4) is 0 Å². The molecule has 1 aromatic rings. The molecule has 0 N–H and O–H groups in total. The van der Waals surface area contributed by atoms with Gasteiger partial charge in [-0.3, -0.25) is 0 Å². The normalized spacial score (nSPS) is 12.2. The molecule has 1 aromatic carbocycles. The summed E-state index contributed by atoms with van der Waals surface area (Å²) in [7, 11) is 0. The van der Waals surface area contributed by atoms with E-state index in [1.807, 2.05) is 19.1 Å². The Morgan fingerprint density at radius 1 is 1.37 bits per heavy atom. The number of nitrogens with zero attached hydrogens (tertiary/aromatic N) is 1. The first kappa shape index (κ1) is 15.3. The highest BCUT2D eigenvalue weighted by molar-refractivity contribution is 7.78. The van der Waals surface area contributed by atoms with Gasteiger partial charge < -0.3 is 9.47 Å². The number of isothiocyanates is 1. The maximum atomic E-state index is 11.6. The van der Waals surface area contributed by atoms with Gasteiger partial charge in [0.05, 0.1) is 11.2 Å². The summed E-state index contributed by atoms with van der Waals surface area (Å²) in [6.45, 7) is 7.17. The van der Waals surface area contributed by atoms with Crippen molar-refractivity contribution >= 4 is 23.5 Å². The van der Waals surface area contributed by atoms with Crippen molar-refractivity contribution in [2.45, 2.75) is 39.3 Å². The van der Waals surface area contributed by atoms with Gasteiger partial charge in [-0.05, 0) is 46.0 Å². The second-order valence-electron chi connectivity index (χ2n) is 5.00. The van der Waals surface area contributed by atoms with Gasteiger partial charge in [0, 0.05) is 5.56 Å². The average Bonchev–Trinajstić information content (AvgIpc) is 2.27. The number of carbonyl (C=O) groups is 1. The van der Waals surface area contributed by atoms with Gasteiger partial charge in [-0.15, -0.1) is 0 Å². The number of carbonyl (C=O) groups excluding carboxylic acids is 1. The monoisotopic (exact) mass is 279 g/mol. The lowest BCUT2D eigenvalue weighted by atomic mass is 10.1. The summed E-state index contributed by atoms with van der Waals surface area (Å²) >= 11 is 4.58. The first-order chi connectivity index (χ1) is 8.83. The van der Waals surface area contributed by atoms with Gasteiger partial charge in [-0.2, -0.15) is 0 Å². The van der Waals surface area contributed by atoms with Crippen LogP contribution >= 0.6 is 12.2 Å². The maximum absolute atomic E-state index is 11.6. The van der Waals surface area contributed by atoms with Crippen LogP contribution in [0, 0.1) is 0 Å². The minimum atomic E-state index is -0.738. The zero-order valence-corrected chi connectivity index (χ0v) is 12.3. The fourth-order valence-corrected chi connectivity index (χ4v) is 1.59. The Kier molecular flexibility index (Phi) is 5.21. The molecule has 0 saturated heterocycles. The molecule has 0 amide bonds. The molecule has 0 fully saturated rings. The van der Waals surface area contributed by atoms with Crippen LogP contribution in [0.25, 0.3) is 0 Å². The molecule has 0 bridgehead atoms. The maximum Gasteiger partial charge on any atom is 0.514 e. The topological polar surface area (TPSA) is 47.9 Å². The molecule has 0 aliphatic rings. The lowest BCUT2D eigenvalue weighted by Crippen LogP contribution is -2.26. The molecule has 19 heavy (non-hydrogen) atoms. The number of hydrogen-bond donors (Lipinski definition) is 0. The quantitative estimate of drug-likeness (QED) is 0.361. The summed E-state index contributed by atoms with van der Waals surface area (Å²) in [5.74, 6) is 0.415. The van der Waals surface area contributed by atoms with Crippen molar-refractivity contribution in [2.75, 3.05) is 0 Å². The Labute approximate surface area is 118 Å². The second kappa shape index (κ2) is 6.45. The molecule has 0 aromatic heterocycles. The molecule has 0 saturated carbocycles. The molecule has 0 spiro atoms. The third kappa shape index (κ3) is 5.20. The molecule has 0 heterocycles. The zero-order chi connectivity index (χ0) is 14.5. The third-order valence-electron chi connectivity index (χ3n) is 2.20.